The second-order valence-electron chi connectivity index (χ2n) is 2.04. The van der Waals surface area contributed by atoms with Gasteiger partial charge in [-0.05, 0) is 6.08 Å². The maximum Gasteiger partial charge on any atom is 0.298 e. The Morgan fingerprint density at radius 3 is 2.50 bits per heavy atom. The summed E-state index contributed by atoms with van der Waals surface area (Å²) in [6, 6.07) is 0. The molecular weight excluding hydrogens is 162 g/mol. The molecule has 0 saturated carbocycles. The Labute approximate surface area is 71.0 Å². The molecule has 0 aromatic heterocycles. The molecule has 0 heterocycles. The maximum atomic E-state index is 10.6. The zero-order valence-corrected chi connectivity index (χ0v) is 7.16. The smallest absolute Gasteiger partial charge is 0.298 e. The molecule has 2 N–H and O–H groups in total. The number of hydrogen-bond acceptors (Lipinski definition) is 4. The zero-order chi connectivity index (χ0) is 9.61. The molecule has 0 aliphatic rings. The van der Waals surface area contributed by atoms with Crippen molar-refractivity contribution < 1.29 is 19.4 Å². The Morgan fingerprint density at radius 1 is 1.67 bits per heavy atom. The summed E-state index contributed by atoms with van der Waals surface area (Å²) in [4.78, 5) is 10.6. The van der Waals surface area contributed by atoms with Gasteiger partial charge in [0.05, 0.1) is 6.54 Å². The third kappa shape index (κ3) is 3.47. The van der Waals surface area contributed by atoms with Gasteiger partial charge in [0.15, 0.2) is 0 Å². The maximum absolute atomic E-state index is 10.6. The molecule has 0 radical (unpaired) electrons. The van der Waals surface area contributed by atoms with E-state index in [1.165, 1.54) is 14.2 Å². The standard InChI is InChI=1S/C7H13NO4/c1-4-6(9)8-5-7(10,11-2)12-3/h4,10H,1,5H2,2-3H3,(H,8,9). The van der Waals surface area contributed by atoms with Gasteiger partial charge in [0.1, 0.15) is 0 Å². The number of hydrogen-bond donors (Lipinski definition) is 2. The zero-order valence-electron chi connectivity index (χ0n) is 7.16. The predicted molar refractivity (Wildman–Crippen MR) is 42.2 cm³/mol. The number of amides is 1. The summed E-state index contributed by atoms with van der Waals surface area (Å²) >= 11 is 0. The van der Waals surface area contributed by atoms with Crippen molar-refractivity contribution in [2.24, 2.45) is 0 Å². The molecule has 70 valence electrons. The number of ether oxygens (including phenoxy) is 2. The first-order chi connectivity index (χ1) is 5.58. The van der Waals surface area contributed by atoms with E-state index < -0.39 is 11.9 Å². The van der Waals surface area contributed by atoms with Crippen molar-refractivity contribution in [2.75, 3.05) is 20.8 Å². The molecule has 5 heteroatoms. The lowest BCUT2D eigenvalue weighted by molar-refractivity contribution is -0.334. The van der Waals surface area contributed by atoms with Gasteiger partial charge in [-0.15, -0.1) is 0 Å². The minimum Gasteiger partial charge on any atom is -0.344 e. The van der Waals surface area contributed by atoms with Gasteiger partial charge in [-0.3, -0.25) is 4.79 Å². The van der Waals surface area contributed by atoms with Crippen LogP contribution in [0.5, 0.6) is 0 Å². The van der Waals surface area contributed by atoms with Crippen LogP contribution in [-0.2, 0) is 14.3 Å². The molecule has 0 rings (SSSR count). The van der Waals surface area contributed by atoms with Gasteiger partial charge in [-0.2, -0.15) is 0 Å². The van der Waals surface area contributed by atoms with E-state index in [0.717, 1.165) is 6.08 Å². The van der Waals surface area contributed by atoms with Gasteiger partial charge >= 0.3 is 0 Å². The van der Waals surface area contributed by atoms with E-state index in [0.29, 0.717) is 0 Å². The Morgan fingerprint density at radius 2 is 2.17 bits per heavy atom. The summed E-state index contributed by atoms with van der Waals surface area (Å²) in [6.07, 6.45) is 1.09. The first-order valence-corrected chi connectivity index (χ1v) is 3.31. The van der Waals surface area contributed by atoms with Gasteiger partial charge in [0, 0.05) is 14.2 Å². The first-order valence-electron chi connectivity index (χ1n) is 3.31. The highest BCUT2D eigenvalue weighted by molar-refractivity contribution is 5.86. The van der Waals surface area contributed by atoms with Crippen LogP contribution < -0.4 is 5.32 Å². The monoisotopic (exact) mass is 175 g/mol. The summed E-state index contributed by atoms with van der Waals surface area (Å²) in [6.45, 7) is 3.09. The Balaban J connectivity index is 3.88. The van der Waals surface area contributed by atoms with Crippen LogP contribution in [-0.4, -0.2) is 37.8 Å². The topological polar surface area (TPSA) is 67.8 Å². The van der Waals surface area contributed by atoms with Crippen LogP contribution in [0.3, 0.4) is 0 Å². The Bertz CT molecular complexity index is 165. The van der Waals surface area contributed by atoms with Crippen LogP contribution in [0, 0.1) is 0 Å². The molecule has 0 unspecified atom stereocenters. The molecule has 0 spiro atoms. The van der Waals surface area contributed by atoms with Gasteiger partial charge in [0.2, 0.25) is 5.91 Å². The Kier molecular flexibility index (Phi) is 4.50. The highest BCUT2D eigenvalue weighted by Gasteiger charge is 2.25. The summed E-state index contributed by atoms with van der Waals surface area (Å²) in [5.74, 6) is -2.17. The average molecular weight is 175 g/mol. The van der Waals surface area contributed by atoms with E-state index in [2.05, 4.69) is 21.4 Å². The van der Waals surface area contributed by atoms with Crippen molar-refractivity contribution in [3.63, 3.8) is 0 Å². The van der Waals surface area contributed by atoms with E-state index in [-0.39, 0.29) is 6.54 Å². The number of aliphatic hydroxyl groups is 1. The lowest BCUT2D eigenvalue weighted by Crippen LogP contribution is -2.45. The number of carbonyl (C=O) groups is 1. The average Bonchev–Trinajstić information content (AvgIpc) is 2.13. The number of nitrogens with one attached hydrogen (secondary N) is 1. The van der Waals surface area contributed by atoms with Crippen LogP contribution in [0.2, 0.25) is 0 Å². The van der Waals surface area contributed by atoms with Crippen LogP contribution in [0.25, 0.3) is 0 Å². The van der Waals surface area contributed by atoms with Gasteiger partial charge < -0.3 is 19.9 Å². The fourth-order valence-electron chi connectivity index (χ4n) is 0.499. The van der Waals surface area contributed by atoms with Crippen LogP contribution in [0.1, 0.15) is 0 Å². The lowest BCUT2D eigenvalue weighted by Gasteiger charge is -2.23. The van der Waals surface area contributed by atoms with Crippen molar-refractivity contribution in [1.82, 2.24) is 5.32 Å². The van der Waals surface area contributed by atoms with E-state index in [4.69, 9.17) is 0 Å². The largest absolute Gasteiger partial charge is 0.344 e. The second-order valence-corrected chi connectivity index (χ2v) is 2.04. The summed E-state index contributed by atoms with van der Waals surface area (Å²) in [5.41, 5.74) is 0. The molecule has 0 aromatic carbocycles. The van der Waals surface area contributed by atoms with Gasteiger partial charge in [-0.1, -0.05) is 6.58 Å². The SMILES string of the molecule is C=CC(=O)NCC(O)(OC)OC. The molecule has 0 atom stereocenters. The van der Waals surface area contributed by atoms with Crippen LogP contribution >= 0.6 is 0 Å². The van der Waals surface area contributed by atoms with Crippen LogP contribution in [0.4, 0.5) is 0 Å². The fourth-order valence-corrected chi connectivity index (χ4v) is 0.499. The minimum atomic E-state index is -1.77. The molecule has 0 aromatic rings. The predicted octanol–water partition coefficient (Wildman–Crippen LogP) is -0.773. The summed E-state index contributed by atoms with van der Waals surface area (Å²) in [7, 11) is 2.53. The molecule has 0 fully saturated rings. The molecule has 0 saturated heterocycles. The molecule has 0 aliphatic carbocycles. The molecule has 12 heavy (non-hydrogen) atoms. The molecule has 5 nitrogen and oxygen atoms in total. The van der Waals surface area contributed by atoms with E-state index in [1.807, 2.05) is 0 Å². The minimum absolute atomic E-state index is 0.148. The van der Waals surface area contributed by atoms with Crippen molar-refractivity contribution in [3.8, 4) is 0 Å². The van der Waals surface area contributed by atoms with E-state index in [1.54, 1.807) is 0 Å². The van der Waals surface area contributed by atoms with E-state index in [9.17, 15) is 9.90 Å². The number of methoxy groups -OCH3 is 2. The van der Waals surface area contributed by atoms with Gasteiger partial charge in [-0.25, -0.2) is 0 Å². The van der Waals surface area contributed by atoms with Crippen molar-refractivity contribution >= 4 is 5.91 Å². The third-order valence-electron chi connectivity index (χ3n) is 1.31. The highest BCUT2D eigenvalue weighted by Crippen LogP contribution is 2.03. The normalized spacial score (nSPS) is 10.9. The Hall–Kier alpha value is -0.910. The molecular formula is C7H13NO4. The van der Waals surface area contributed by atoms with Gasteiger partial charge in [0.25, 0.3) is 5.97 Å². The van der Waals surface area contributed by atoms with E-state index >= 15 is 0 Å². The molecule has 0 aliphatic heterocycles. The summed E-state index contributed by atoms with van der Waals surface area (Å²) < 4.78 is 9.13. The lowest BCUT2D eigenvalue weighted by atomic mass is 10.5. The van der Waals surface area contributed by atoms with Crippen LogP contribution in [0.15, 0.2) is 12.7 Å². The first kappa shape index (κ1) is 11.1. The van der Waals surface area contributed by atoms with Crippen molar-refractivity contribution in [1.29, 1.82) is 0 Å². The fraction of sp³-hybridized carbons (Fsp3) is 0.571. The quantitative estimate of drug-likeness (QED) is 0.425. The number of carbonyl (C=O) groups excluding carboxylic acids is 1. The third-order valence-corrected chi connectivity index (χ3v) is 1.31. The molecule has 0 bridgehead atoms. The summed E-state index contributed by atoms with van der Waals surface area (Å²) in [5, 5.41) is 11.6. The second kappa shape index (κ2) is 4.87. The molecule has 1 amide bonds. The number of rotatable bonds is 5. The highest BCUT2D eigenvalue weighted by atomic mass is 16.8. The van der Waals surface area contributed by atoms with Crippen molar-refractivity contribution in [2.45, 2.75) is 5.97 Å². The van der Waals surface area contributed by atoms with Crippen molar-refractivity contribution in [3.05, 3.63) is 12.7 Å².